The summed E-state index contributed by atoms with van der Waals surface area (Å²) in [6, 6.07) is 8.21. The molecule has 2 aromatic rings. The fourth-order valence-corrected chi connectivity index (χ4v) is 3.86. The summed E-state index contributed by atoms with van der Waals surface area (Å²) >= 11 is 1.61. The van der Waals surface area contributed by atoms with Gasteiger partial charge in [-0.25, -0.2) is 4.98 Å². The smallest absolute Gasteiger partial charge is 0.239 e. The molecule has 23 heavy (non-hydrogen) atoms. The Kier molecular flexibility index (Phi) is 4.55. The molecule has 1 saturated heterocycles. The number of fused-ring (bicyclic) bond motifs is 1. The molecule has 124 valence electrons. The molecule has 0 saturated carbocycles. The van der Waals surface area contributed by atoms with E-state index in [1.165, 1.54) is 0 Å². The first-order valence-electron chi connectivity index (χ1n) is 7.93. The number of hydrogen-bond acceptors (Lipinski definition) is 5. The first kappa shape index (κ1) is 16.2. The van der Waals surface area contributed by atoms with Crippen molar-refractivity contribution in [1.29, 1.82) is 0 Å². The van der Waals surface area contributed by atoms with Crippen LogP contribution in [0.5, 0.6) is 0 Å². The molecule has 0 aliphatic carbocycles. The molecule has 1 aromatic heterocycles. The highest BCUT2D eigenvalue weighted by Gasteiger charge is 2.29. The van der Waals surface area contributed by atoms with Gasteiger partial charge in [-0.05, 0) is 38.8 Å². The zero-order valence-corrected chi connectivity index (χ0v) is 14.7. The number of nitrogens with zero attached hydrogens (tertiary/aromatic N) is 2. The van der Waals surface area contributed by atoms with Crippen molar-refractivity contribution in [2.24, 2.45) is 0 Å². The van der Waals surface area contributed by atoms with E-state index in [2.05, 4.69) is 30.2 Å². The Morgan fingerprint density at radius 1 is 1.48 bits per heavy atom. The van der Waals surface area contributed by atoms with Crippen LogP contribution in [0.2, 0.25) is 0 Å². The summed E-state index contributed by atoms with van der Waals surface area (Å²) in [7, 11) is 1.91. The van der Waals surface area contributed by atoms with E-state index in [0.29, 0.717) is 13.2 Å². The lowest BCUT2D eigenvalue weighted by atomic mass is 9.94. The highest BCUT2D eigenvalue weighted by molar-refractivity contribution is 7.22. The van der Waals surface area contributed by atoms with Gasteiger partial charge in [-0.3, -0.25) is 4.79 Å². The maximum absolute atomic E-state index is 12.3. The quantitative estimate of drug-likeness (QED) is 0.935. The second-order valence-electron chi connectivity index (χ2n) is 6.69. The number of anilines is 1. The molecular weight excluding hydrogens is 310 g/mol. The summed E-state index contributed by atoms with van der Waals surface area (Å²) in [4.78, 5) is 18.8. The van der Waals surface area contributed by atoms with Crippen molar-refractivity contribution in [2.75, 3.05) is 25.1 Å². The van der Waals surface area contributed by atoms with Crippen molar-refractivity contribution < 1.29 is 9.53 Å². The van der Waals surface area contributed by atoms with E-state index < -0.39 is 0 Å². The lowest BCUT2D eigenvalue weighted by Crippen LogP contribution is -2.48. The third-order valence-electron chi connectivity index (χ3n) is 4.05. The molecule has 1 fully saturated rings. The summed E-state index contributed by atoms with van der Waals surface area (Å²) < 4.78 is 6.83. The molecule has 6 heteroatoms. The van der Waals surface area contributed by atoms with Crippen LogP contribution in [-0.4, -0.2) is 42.7 Å². The molecule has 1 aromatic carbocycles. The molecule has 1 aliphatic rings. The number of benzene rings is 1. The van der Waals surface area contributed by atoms with E-state index in [1.807, 2.05) is 30.1 Å². The number of rotatable bonds is 4. The van der Waals surface area contributed by atoms with Gasteiger partial charge in [-0.15, -0.1) is 0 Å². The van der Waals surface area contributed by atoms with Crippen molar-refractivity contribution in [3.8, 4) is 0 Å². The van der Waals surface area contributed by atoms with Crippen LogP contribution in [0.4, 0.5) is 5.13 Å². The number of hydrogen-bond donors (Lipinski definition) is 1. The number of amides is 1. The minimum atomic E-state index is -0.158. The van der Waals surface area contributed by atoms with Crippen molar-refractivity contribution in [3.63, 3.8) is 0 Å². The lowest BCUT2D eigenvalue weighted by Gasteiger charge is -2.36. The number of nitrogens with one attached hydrogen (secondary N) is 1. The topological polar surface area (TPSA) is 54.5 Å². The normalized spacial score (nSPS) is 20.4. The van der Waals surface area contributed by atoms with E-state index in [1.54, 1.807) is 11.3 Å². The lowest BCUT2D eigenvalue weighted by molar-refractivity contribution is -0.122. The molecule has 1 N–H and O–H groups in total. The van der Waals surface area contributed by atoms with E-state index in [-0.39, 0.29) is 17.6 Å². The largest absolute Gasteiger partial charge is 0.375 e. The monoisotopic (exact) mass is 333 g/mol. The molecule has 3 rings (SSSR count). The van der Waals surface area contributed by atoms with Crippen molar-refractivity contribution >= 4 is 32.6 Å². The molecule has 0 spiro atoms. The minimum absolute atomic E-state index is 0.0365. The van der Waals surface area contributed by atoms with Gasteiger partial charge in [0.05, 0.1) is 22.4 Å². The second kappa shape index (κ2) is 6.45. The van der Waals surface area contributed by atoms with E-state index in [0.717, 1.165) is 28.2 Å². The van der Waals surface area contributed by atoms with Gasteiger partial charge in [0.25, 0.3) is 0 Å². The van der Waals surface area contributed by atoms with Gasteiger partial charge in [0.15, 0.2) is 5.13 Å². The van der Waals surface area contributed by atoms with Gasteiger partial charge < -0.3 is 15.0 Å². The number of aromatic nitrogens is 1. The highest BCUT2D eigenvalue weighted by Crippen LogP contribution is 2.28. The standard InChI is InChI=1S/C17H23N3O2S/c1-17(2)10-12(8-9-22-17)18-15(21)11-20(3)16-19-13-6-4-5-7-14(13)23-16/h4-7,12H,8-11H2,1-3H3,(H,18,21). The van der Waals surface area contributed by atoms with E-state index in [4.69, 9.17) is 4.74 Å². The first-order valence-corrected chi connectivity index (χ1v) is 8.75. The summed E-state index contributed by atoms with van der Waals surface area (Å²) in [6.45, 7) is 5.15. The molecule has 1 unspecified atom stereocenters. The van der Waals surface area contributed by atoms with Crippen LogP contribution in [-0.2, 0) is 9.53 Å². The molecule has 0 radical (unpaired) electrons. The molecule has 0 bridgehead atoms. The van der Waals surface area contributed by atoms with Crippen LogP contribution in [0.3, 0.4) is 0 Å². The van der Waals surface area contributed by atoms with Gasteiger partial charge >= 0.3 is 0 Å². The zero-order valence-electron chi connectivity index (χ0n) is 13.8. The number of likely N-dealkylation sites (N-methyl/N-ethyl adjacent to an activating group) is 1. The third kappa shape index (κ3) is 4.00. The van der Waals surface area contributed by atoms with E-state index >= 15 is 0 Å². The summed E-state index contributed by atoms with van der Waals surface area (Å²) in [5, 5.41) is 3.99. The van der Waals surface area contributed by atoms with Crippen LogP contribution in [0.25, 0.3) is 10.2 Å². The van der Waals surface area contributed by atoms with Crippen LogP contribution in [0.15, 0.2) is 24.3 Å². The van der Waals surface area contributed by atoms with Crippen LogP contribution in [0.1, 0.15) is 26.7 Å². The van der Waals surface area contributed by atoms with E-state index in [9.17, 15) is 4.79 Å². The molecule has 1 amide bonds. The van der Waals surface area contributed by atoms with Gasteiger partial charge in [0, 0.05) is 19.7 Å². The maximum atomic E-state index is 12.3. The van der Waals surface area contributed by atoms with Crippen molar-refractivity contribution in [1.82, 2.24) is 10.3 Å². The predicted octanol–water partition coefficient (Wildman–Crippen LogP) is 2.81. The minimum Gasteiger partial charge on any atom is -0.375 e. The Labute approximate surface area is 140 Å². The summed E-state index contributed by atoms with van der Waals surface area (Å²) in [6.07, 6.45) is 1.73. The fourth-order valence-electron chi connectivity index (χ4n) is 2.93. The van der Waals surface area contributed by atoms with Crippen LogP contribution in [0, 0.1) is 0 Å². The average molecular weight is 333 g/mol. The van der Waals surface area contributed by atoms with Gasteiger partial charge in [-0.1, -0.05) is 23.5 Å². The van der Waals surface area contributed by atoms with Gasteiger partial charge in [0.2, 0.25) is 5.91 Å². The fraction of sp³-hybridized carbons (Fsp3) is 0.529. The number of thiazole rings is 1. The Balaban J connectivity index is 1.58. The SMILES string of the molecule is CN(CC(=O)NC1CCOC(C)(C)C1)c1nc2ccccc2s1. The Morgan fingerprint density at radius 3 is 3.00 bits per heavy atom. The molecule has 1 atom stereocenters. The van der Waals surface area contributed by atoms with Crippen LogP contribution >= 0.6 is 11.3 Å². The average Bonchev–Trinajstić information content (AvgIpc) is 2.90. The second-order valence-corrected chi connectivity index (χ2v) is 7.69. The van der Waals surface area contributed by atoms with Gasteiger partial charge in [0.1, 0.15) is 0 Å². The van der Waals surface area contributed by atoms with Gasteiger partial charge in [-0.2, -0.15) is 0 Å². The summed E-state index contributed by atoms with van der Waals surface area (Å²) in [5.41, 5.74) is 0.820. The zero-order chi connectivity index (χ0) is 16.4. The molecule has 1 aliphatic heterocycles. The maximum Gasteiger partial charge on any atom is 0.239 e. The number of carbonyl (C=O) groups is 1. The number of carbonyl (C=O) groups excluding carboxylic acids is 1. The van der Waals surface area contributed by atoms with Crippen molar-refractivity contribution in [2.45, 2.75) is 38.3 Å². The molecular formula is C17H23N3O2S. The number of para-hydroxylation sites is 1. The Bertz CT molecular complexity index is 665. The third-order valence-corrected chi connectivity index (χ3v) is 5.20. The molecule has 5 nitrogen and oxygen atoms in total. The highest BCUT2D eigenvalue weighted by atomic mass is 32.1. The molecule has 2 heterocycles. The van der Waals surface area contributed by atoms with Crippen LogP contribution < -0.4 is 10.2 Å². The predicted molar refractivity (Wildman–Crippen MR) is 94.1 cm³/mol. The number of ether oxygens (including phenoxy) is 1. The Hall–Kier alpha value is -1.66. The Morgan fingerprint density at radius 2 is 2.26 bits per heavy atom. The van der Waals surface area contributed by atoms with Crippen molar-refractivity contribution in [3.05, 3.63) is 24.3 Å². The first-order chi connectivity index (χ1) is 10.9. The summed E-state index contributed by atoms with van der Waals surface area (Å²) in [5.74, 6) is 0.0365.